The second-order valence-corrected chi connectivity index (χ2v) is 8.17. The van der Waals surface area contributed by atoms with E-state index in [0.29, 0.717) is 35.7 Å². The molecule has 3 rings (SSSR count). The number of nitrogens with zero attached hydrogens (tertiary/aromatic N) is 1. The predicted molar refractivity (Wildman–Crippen MR) is 130 cm³/mol. The molecule has 6 nitrogen and oxygen atoms in total. The van der Waals surface area contributed by atoms with Crippen molar-refractivity contribution in [1.29, 1.82) is 0 Å². The van der Waals surface area contributed by atoms with E-state index < -0.39 is 0 Å². The molecule has 2 N–H and O–H groups in total. The van der Waals surface area contributed by atoms with Crippen molar-refractivity contribution in [2.45, 2.75) is 13.0 Å². The number of para-hydroxylation sites is 2. The molecule has 0 aliphatic carbocycles. The normalized spacial score (nSPS) is 10.6. The first kappa shape index (κ1) is 23.2. The van der Waals surface area contributed by atoms with Gasteiger partial charge >= 0.3 is 0 Å². The average molecular weight is 450 g/mol. The van der Waals surface area contributed by atoms with Crippen molar-refractivity contribution in [2.75, 3.05) is 30.8 Å². The molecule has 0 bridgehead atoms. The minimum Gasteiger partial charge on any atom is -0.495 e. The number of carbonyl (C=O) groups is 2. The molecule has 1 heterocycles. The van der Waals surface area contributed by atoms with Gasteiger partial charge in [0.2, 0.25) is 5.91 Å². The van der Waals surface area contributed by atoms with Gasteiger partial charge in [0.25, 0.3) is 5.91 Å². The number of methoxy groups -OCH3 is 1. The minimum absolute atomic E-state index is 0.0727. The van der Waals surface area contributed by atoms with Gasteiger partial charge in [-0.1, -0.05) is 24.3 Å². The van der Waals surface area contributed by atoms with Gasteiger partial charge in [-0.15, -0.1) is 17.9 Å². The molecule has 32 heavy (non-hydrogen) atoms. The van der Waals surface area contributed by atoms with E-state index in [2.05, 4.69) is 33.6 Å². The summed E-state index contributed by atoms with van der Waals surface area (Å²) in [6.45, 7) is 5.96. The first-order valence-electron chi connectivity index (χ1n) is 10.3. The predicted octanol–water partition coefficient (Wildman–Crippen LogP) is 5.03. The molecular formula is C25H27N3O3S. The van der Waals surface area contributed by atoms with Gasteiger partial charge in [-0.2, -0.15) is 0 Å². The van der Waals surface area contributed by atoms with Gasteiger partial charge < -0.3 is 15.4 Å². The zero-order valence-electron chi connectivity index (χ0n) is 18.0. The molecule has 1 aromatic heterocycles. The molecular weight excluding hydrogens is 422 g/mol. The number of hydrogen-bond acceptors (Lipinski definition) is 5. The monoisotopic (exact) mass is 449 g/mol. The summed E-state index contributed by atoms with van der Waals surface area (Å²) in [4.78, 5) is 28.4. The Labute approximate surface area is 192 Å². The second kappa shape index (κ2) is 11.8. The third-order valence-corrected chi connectivity index (χ3v) is 5.65. The topological polar surface area (TPSA) is 70.7 Å². The Hall–Kier alpha value is -3.42. The van der Waals surface area contributed by atoms with Crippen LogP contribution in [0.3, 0.4) is 0 Å². The number of ether oxygens (including phenoxy) is 1. The molecule has 2 aromatic carbocycles. The van der Waals surface area contributed by atoms with Crippen molar-refractivity contribution in [3.8, 4) is 5.75 Å². The van der Waals surface area contributed by atoms with E-state index in [0.717, 1.165) is 13.1 Å². The maximum Gasteiger partial charge on any atom is 0.255 e. The first-order valence-corrected chi connectivity index (χ1v) is 11.2. The first-order chi connectivity index (χ1) is 15.6. The summed E-state index contributed by atoms with van der Waals surface area (Å²) < 4.78 is 5.26. The zero-order chi connectivity index (χ0) is 22.8. The number of benzene rings is 2. The highest BCUT2D eigenvalue weighted by Gasteiger charge is 2.11. The van der Waals surface area contributed by atoms with Crippen molar-refractivity contribution >= 4 is 34.5 Å². The summed E-state index contributed by atoms with van der Waals surface area (Å²) in [5.41, 5.74) is 1.74. The van der Waals surface area contributed by atoms with Crippen molar-refractivity contribution in [3.63, 3.8) is 0 Å². The third-order valence-electron chi connectivity index (χ3n) is 4.79. The Balaban J connectivity index is 1.51. The fourth-order valence-electron chi connectivity index (χ4n) is 3.17. The minimum atomic E-state index is -0.249. The maximum absolute atomic E-state index is 12.5. The lowest BCUT2D eigenvalue weighted by Gasteiger charge is -2.19. The van der Waals surface area contributed by atoms with E-state index in [1.807, 2.05) is 24.3 Å². The van der Waals surface area contributed by atoms with Gasteiger partial charge in [0.15, 0.2) is 0 Å². The molecule has 0 radical (unpaired) electrons. The quantitative estimate of drug-likeness (QED) is 0.403. The van der Waals surface area contributed by atoms with E-state index >= 15 is 0 Å². The molecule has 166 valence electrons. The van der Waals surface area contributed by atoms with Crippen LogP contribution in [0.5, 0.6) is 5.75 Å². The highest BCUT2D eigenvalue weighted by Crippen LogP contribution is 2.24. The van der Waals surface area contributed by atoms with Gasteiger partial charge in [-0.05, 0) is 47.8 Å². The summed E-state index contributed by atoms with van der Waals surface area (Å²) >= 11 is 1.70. The van der Waals surface area contributed by atoms with Crippen LogP contribution in [-0.4, -0.2) is 36.9 Å². The summed E-state index contributed by atoms with van der Waals surface area (Å²) in [6, 6.07) is 18.2. The Morgan fingerprint density at radius 1 is 1.06 bits per heavy atom. The van der Waals surface area contributed by atoms with Crippen molar-refractivity contribution in [2.24, 2.45) is 0 Å². The number of anilines is 2. The van der Waals surface area contributed by atoms with E-state index in [1.165, 1.54) is 4.88 Å². The van der Waals surface area contributed by atoms with Crippen LogP contribution in [0.15, 0.2) is 78.7 Å². The van der Waals surface area contributed by atoms with E-state index in [1.54, 1.807) is 54.8 Å². The van der Waals surface area contributed by atoms with Crippen LogP contribution in [0.1, 0.15) is 21.7 Å². The average Bonchev–Trinajstić information content (AvgIpc) is 3.31. The maximum atomic E-state index is 12.5. The number of nitrogens with one attached hydrogen (secondary N) is 2. The van der Waals surface area contributed by atoms with Gasteiger partial charge in [0.05, 0.1) is 12.8 Å². The van der Waals surface area contributed by atoms with Crippen LogP contribution < -0.4 is 15.4 Å². The Morgan fingerprint density at radius 3 is 2.53 bits per heavy atom. The number of rotatable bonds is 11. The molecule has 0 fully saturated rings. The molecule has 0 atom stereocenters. The zero-order valence-corrected chi connectivity index (χ0v) is 18.9. The molecule has 7 heteroatoms. The van der Waals surface area contributed by atoms with Crippen LogP contribution in [0.4, 0.5) is 11.4 Å². The van der Waals surface area contributed by atoms with Crippen LogP contribution in [-0.2, 0) is 11.3 Å². The van der Waals surface area contributed by atoms with Crippen LogP contribution in [0.25, 0.3) is 0 Å². The van der Waals surface area contributed by atoms with E-state index in [4.69, 9.17) is 4.74 Å². The van der Waals surface area contributed by atoms with Gasteiger partial charge in [-0.25, -0.2) is 0 Å². The molecule has 0 saturated heterocycles. The molecule has 0 saturated carbocycles. The van der Waals surface area contributed by atoms with Crippen LogP contribution in [0, 0.1) is 0 Å². The summed E-state index contributed by atoms with van der Waals surface area (Å²) in [5, 5.41) is 7.78. The Morgan fingerprint density at radius 2 is 1.84 bits per heavy atom. The third kappa shape index (κ3) is 6.80. The van der Waals surface area contributed by atoms with Crippen molar-refractivity contribution in [3.05, 3.63) is 89.1 Å². The number of thiophene rings is 1. The highest BCUT2D eigenvalue weighted by molar-refractivity contribution is 7.09. The van der Waals surface area contributed by atoms with Crippen molar-refractivity contribution < 1.29 is 14.3 Å². The van der Waals surface area contributed by atoms with Gasteiger partial charge in [0.1, 0.15) is 5.75 Å². The van der Waals surface area contributed by atoms with Crippen molar-refractivity contribution in [1.82, 2.24) is 4.90 Å². The molecule has 0 spiro atoms. The van der Waals surface area contributed by atoms with Gasteiger partial charge in [0, 0.05) is 42.2 Å². The summed E-state index contributed by atoms with van der Waals surface area (Å²) in [6.07, 6.45) is 2.22. The Kier molecular flexibility index (Phi) is 8.60. The fraction of sp³-hybridized carbons (Fsp3) is 0.200. The van der Waals surface area contributed by atoms with Gasteiger partial charge in [-0.3, -0.25) is 14.5 Å². The fourth-order valence-corrected chi connectivity index (χ4v) is 3.92. The standard InChI is InChI=1S/C25H27N3O3S/c1-3-15-28(18-21-7-6-17-32-21)16-14-24(29)26-20-12-10-19(11-13-20)25(30)27-22-8-4-5-9-23(22)31-2/h3-13,17H,1,14-16,18H2,2H3,(H,26,29)(H,27,30). The number of amides is 2. The van der Waals surface area contributed by atoms with Crippen LogP contribution in [0.2, 0.25) is 0 Å². The second-order valence-electron chi connectivity index (χ2n) is 7.13. The van der Waals surface area contributed by atoms with E-state index in [-0.39, 0.29) is 11.8 Å². The lowest BCUT2D eigenvalue weighted by molar-refractivity contribution is -0.116. The lowest BCUT2D eigenvalue weighted by Crippen LogP contribution is -2.27. The summed E-state index contributed by atoms with van der Waals surface area (Å²) in [5.74, 6) is 0.270. The van der Waals surface area contributed by atoms with Crippen LogP contribution >= 0.6 is 11.3 Å². The smallest absolute Gasteiger partial charge is 0.255 e. The Bertz CT molecular complexity index is 1030. The SMILES string of the molecule is C=CCN(CCC(=O)Nc1ccc(C(=O)Nc2ccccc2OC)cc1)Cc1cccs1. The summed E-state index contributed by atoms with van der Waals surface area (Å²) in [7, 11) is 1.56. The largest absolute Gasteiger partial charge is 0.495 e. The number of hydrogen-bond donors (Lipinski definition) is 2. The molecule has 3 aromatic rings. The number of carbonyl (C=O) groups excluding carboxylic acids is 2. The molecule has 0 unspecified atom stereocenters. The lowest BCUT2D eigenvalue weighted by atomic mass is 10.2. The molecule has 2 amide bonds. The highest BCUT2D eigenvalue weighted by atomic mass is 32.1. The molecule has 0 aliphatic heterocycles. The molecule has 0 aliphatic rings. The van der Waals surface area contributed by atoms with E-state index in [9.17, 15) is 9.59 Å².